The Labute approximate surface area is 188 Å². The first kappa shape index (κ1) is 20.9. The van der Waals surface area contributed by atoms with Gasteiger partial charge in [-0.1, -0.05) is 62.9 Å². The van der Waals surface area contributed by atoms with Crippen molar-refractivity contribution in [1.29, 1.82) is 0 Å². The van der Waals surface area contributed by atoms with E-state index in [-0.39, 0.29) is 5.91 Å². The number of carbonyl (C=O) groups excluding carboxylic acids is 2. The van der Waals surface area contributed by atoms with Crippen molar-refractivity contribution in [2.45, 2.75) is 19.5 Å². The number of amidine groups is 1. The third-order valence-corrected chi connectivity index (χ3v) is 5.78. The van der Waals surface area contributed by atoms with Gasteiger partial charge in [-0.15, -0.1) is 5.10 Å². The smallest absolute Gasteiger partial charge is 0.270 e. The molecule has 1 atom stereocenters. The van der Waals surface area contributed by atoms with Crippen molar-refractivity contribution in [1.82, 2.24) is 15.2 Å². The minimum Gasteiger partial charge on any atom is -0.270 e. The van der Waals surface area contributed by atoms with E-state index in [1.807, 2.05) is 60.0 Å². The van der Waals surface area contributed by atoms with Gasteiger partial charge in [-0.05, 0) is 30.2 Å². The van der Waals surface area contributed by atoms with Crippen LogP contribution in [0.2, 0.25) is 0 Å². The number of aryl methyl sites for hydroxylation is 1. The van der Waals surface area contributed by atoms with Gasteiger partial charge in [-0.25, -0.2) is 9.37 Å². The van der Waals surface area contributed by atoms with Crippen LogP contribution in [0.15, 0.2) is 63.1 Å². The quantitative estimate of drug-likeness (QED) is 0.413. The molecule has 1 N–H and O–H groups in total. The van der Waals surface area contributed by atoms with E-state index >= 15 is 0 Å². The Morgan fingerprint density at radius 3 is 2.45 bits per heavy atom. The van der Waals surface area contributed by atoms with Crippen LogP contribution in [0.3, 0.4) is 0 Å². The number of guanidine groups is 1. The summed E-state index contributed by atoms with van der Waals surface area (Å²) < 4.78 is 2.82. The summed E-state index contributed by atoms with van der Waals surface area (Å²) in [6.45, 7) is 2.46. The van der Waals surface area contributed by atoms with Crippen LogP contribution >= 0.6 is 15.9 Å². The molecule has 4 rings (SSSR count). The van der Waals surface area contributed by atoms with Crippen molar-refractivity contribution >= 4 is 45.9 Å². The fraction of sp³-hybridized carbons (Fsp3) is 0.227. The van der Waals surface area contributed by atoms with Crippen LogP contribution in [0.4, 0.5) is 4.79 Å². The number of carbonyl (C=O) groups is 2. The van der Waals surface area contributed by atoms with Gasteiger partial charge >= 0.3 is 12.0 Å². The molecule has 0 spiro atoms. The molecule has 1 unspecified atom stereocenters. The van der Waals surface area contributed by atoms with E-state index in [4.69, 9.17) is 0 Å². The monoisotopic (exact) mass is 481 g/mol. The Balaban J connectivity index is 1.67. The van der Waals surface area contributed by atoms with Crippen molar-refractivity contribution in [2.75, 3.05) is 14.1 Å². The van der Waals surface area contributed by atoms with Gasteiger partial charge in [-0.3, -0.25) is 14.6 Å². The maximum absolute atomic E-state index is 13.0. The Kier molecular flexibility index (Phi) is 5.69. The zero-order chi connectivity index (χ0) is 22.1. The normalized spacial score (nSPS) is 18.7. The largest absolute Gasteiger partial charge is 0.414 e. The van der Waals surface area contributed by atoms with E-state index in [2.05, 4.69) is 31.4 Å². The zero-order valence-electron chi connectivity index (χ0n) is 17.4. The molecule has 3 amide bonds. The summed E-state index contributed by atoms with van der Waals surface area (Å²) in [7, 11) is 3.11. The zero-order valence-corrected chi connectivity index (χ0v) is 19.0. The number of halogens is 1. The van der Waals surface area contributed by atoms with Gasteiger partial charge in [-0.2, -0.15) is 5.43 Å². The molecule has 0 radical (unpaired) electrons. The van der Waals surface area contributed by atoms with Crippen molar-refractivity contribution in [3.8, 4) is 0 Å². The molecule has 2 aliphatic rings. The van der Waals surface area contributed by atoms with Gasteiger partial charge in [0.15, 0.2) is 0 Å². The standard InChI is InChI=1S/C22H21BrN6O2/c1-14-4-6-16(7-5-14)13-29-18-19(27(2)22(31)28(3)20(18)30)25-21(29)26-24-12-15-8-10-17(23)11-9-15/h4-12,18H,13H2,1-3H3/p+1/b24-12+. The fourth-order valence-corrected chi connectivity index (χ4v) is 3.72. The topological polar surface area (TPSA) is 80.4 Å². The van der Waals surface area contributed by atoms with E-state index in [0.29, 0.717) is 18.3 Å². The number of likely N-dealkylation sites (N-methyl/N-ethyl adjacent to an activating group) is 2. The Bertz CT molecular complexity index is 1120. The second kappa shape index (κ2) is 8.43. The van der Waals surface area contributed by atoms with E-state index in [9.17, 15) is 9.59 Å². The lowest BCUT2D eigenvalue weighted by molar-refractivity contribution is -0.553. The lowest BCUT2D eigenvalue weighted by atomic mass is 10.1. The molecule has 158 valence electrons. The highest BCUT2D eigenvalue weighted by Crippen LogP contribution is 2.20. The van der Waals surface area contributed by atoms with Crippen LogP contribution in [0.1, 0.15) is 16.7 Å². The molecule has 2 aromatic rings. The van der Waals surface area contributed by atoms with Crippen molar-refractivity contribution < 1.29 is 14.2 Å². The average molecular weight is 482 g/mol. The molecule has 2 aliphatic heterocycles. The molecule has 8 nitrogen and oxygen atoms in total. The molecular formula is C22H22BrN6O2+. The molecule has 0 bridgehead atoms. The number of hydrogen-bond donors (Lipinski definition) is 1. The highest BCUT2D eigenvalue weighted by molar-refractivity contribution is 9.10. The Morgan fingerprint density at radius 1 is 1.10 bits per heavy atom. The number of nitrogens with one attached hydrogen (secondary N) is 1. The summed E-state index contributed by atoms with van der Waals surface area (Å²) in [5.74, 6) is 0.487. The van der Waals surface area contributed by atoms with E-state index < -0.39 is 12.1 Å². The molecule has 1 fully saturated rings. The van der Waals surface area contributed by atoms with Gasteiger partial charge in [0.1, 0.15) is 0 Å². The summed E-state index contributed by atoms with van der Waals surface area (Å²) in [6.07, 6.45) is 1.68. The maximum Gasteiger partial charge on any atom is 0.414 e. The maximum atomic E-state index is 13.0. The van der Waals surface area contributed by atoms with Crippen molar-refractivity contribution in [2.24, 2.45) is 10.1 Å². The van der Waals surface area contributed by atoms with Gasteiger partial charge < -0.3 is 0 Å². The Morgan fingerprint density at radius 2 is 1.77 bits per heavy atom. The predicted octanol–water partition coefficient (Wildman–Crippen LogP) is 2.55. The highest BCUT2D eigenvalue weighted by atomic mass is 79.9. The molecule has 9 heteroatoms. The number of fused-ring (bicyclic) bond motifs is 1. The summed E-state index contributed by atoms with van der Waals surface area (Å²) in [5, 5.41) is 4.30. The Hall–Kier alpha value is -3.33. The number of aliphatic imine (C=N–C) groups is 1. The SMILES string of the molecule is Cc1ccc(C[N+]2=C(N/N=C/c3ccc(Br)cc3)N=C3C2C(=O)N(C)C(=O)N3C)cc1. The molecule has 0 aromatic heterocycles. The number of imide groups is 1. The molecule has 0 aliphatic carbocycles. The third kappa shape index (κ3) is 4.13. The van der Waals surface area contributed by atoms with Crippen LogP contribution in [-0.2, 0) is 11.3 Å². The molecule has 1 saturated heterocycles. The summed E-state index contributed by atoms with van der Waals surface area (Å²) in [6, 6.07) is 14.7. The van der Waals surface area contributed by atoms with Crippen LogP contribution < -0.4 is 5.43 Å². The van der Waals surface area contributed by atoms with Crippen LogP contribution in [0.5, 0.6) is 0 Å². The molecular weight excluding hydrogens is 460 g/mol. The summed E-state index contributed by atoms with van der Waals surface area (Å²) in [5.41, 5.74) is 6.04. The number of hydrogen-bond acceptors (Lipinski definition) is 5. The third-order valence-electron chi connectivity index (χ3n) is 5.25. The van der Waals surface area contributed by atoms with E-state index in [1.54, 1.807) is 13.3 Å². The number of hydrazone groups is 1. The van der Waals surface area contributed by atoms with Gasteiger partial charge in [0.25, 0.3) is 5.91 Å². The average Bonchev–Trinajstić information content (AvgIpc) is 3.12. The second-order valence-electron chi connectivity index (χ2n) is 7.47. The van der Waals surface area contributed by atoms with E-state index in [0.717, 1.165) is 26.1 Å². The predicted molar refractivity (Wildman–Crippen MR) is 122 cm³/mol. The first-order chi connectivity index (χ1) is 14.8. The lowest BCUT2D eigenvalue weighted by Gasteiger charge is -2.31. The number of rotatable bonds is 4. The molecule has 2 aromatic carbocycles. The molecule has 0 saturated carbocycles. The second-order valence-corrected chi connectivity index (χ2v) is 8.39. The van der Waals surface area contributed by atoms with Gasteiger partial charge in [0.05, 0.1) is 12.8 Å². The van der Waals surface area contributed by atoms with Crippen LogP contribution in [0, 0.1) is 6.92 Å². The lowest BCUT2D eigenvalue weighted by Crippen LogP contribution is -2.61. The number of amides is 3. The summed E-state index contributed by atoms with van der Waals surface area (Å²) >= 11 is 3.41. The molecule has 31 heavy (non-hydrogen) atoms. The highest BCUT2D eigenvalue weighted by Gasteiger charge is 2.51. The first-order valence-corrected chi connectivity index (χ1v) is 10.5. The van der Waals surface area contributed by atoms with Crippen LogP contribution in [0.25, 0.3) is 0 Å². The summed E-state index contributed by atoms with van der Waals surface area (Å²) in [4.78, 5) is 32.4. The van der Waals surface area contributed by atoms with E-state index in [1.165, 1.54) is 11.9 Å². The van der Waals surface area contributed by atoms with Crippen molar-refractivity contribution in [3.05, 3.63) is 69.7 Å². The minimum absolute atomic E-state index is 0.317. The van der Waals surface area contributed by atoms with Crippen LogP contribution in [-0.4, -0.2) is 64.5 Å². The number of urea groups is 1. The first-order valence-electron chi connectivity index (χ1n) is 9.73. The molecule has 2 heterocycles. The van der Waals surface area contributed by atoms with Gasteiger partial charge in [0, 0.05) is 18.6 Å². The van der Waals surface area contributed by atoms with Gasteiger partial charge in [0.2, 0.25) is 11.9 Å². The van der Waals surface area contributed by atoms with Crippen molar-refractivity contribution in [3.63, 3.8) is 0 Å². The number of benzene rings is 2. The number of nitrogens with zero attached hydrogens (tertiary/aromatic N) is 5. The minimum atomic E-state index is -0.695. The fourth-order valence-electron chi connectivity index (χ4n) is 3.46.